The van der Waals surface area contributed by atoms with E-state index in [4.69, 9.17) is 0 Å². The lowest BCUT2D eigenvalue weighted by Crippen LogP contribution is -2.20. The van der Waals surface area contributed by atoms with E-state index in [0.29, 0.717) is 11.0 Å². The van der Waals surface area contributed by atoms with Gasteiger partial charge in [0.2, 0.25) is 0 Å². The summed E-state index contributed by atoms with van der Waals surface area (Å²) in [5.74, 6) is -0.194. The number of H-pyrrole nitrogens is 1. The van der Waals surface area contributed by atoms with E-state index in [9.17, 15) is 4.39 Å². The SMILES string of the molecule is CCN(C)CCc1c[nH]c2nccc(F)c12. The van der Waals surface area contributed by atoms with Crippen molar-refractivity contribution in [3.8, 4) is 0 Å². The third-order valence-electron chi connectivity index (χ3n) is 2.91. The first kappa shape index (κ1) is 11.1. The van der Waals surface area contributed by atoms with Gasteiger partial charge < -0.3 is 9.88 Å². The maximum atomic E-state index is 13.6. The molecule has 86 valence electrons. The Morgan fingerprint density at radius 1 is 1.50 bits per heavy atom. The van der Waals surface area contributed by atoms with E-state index in [0.717, 1.165) is 25.1 Å². The second-order valence-corrected chi connectivity index (χ2v) is 3.98. The van der Waals surface area contributed by atoms with Crippen LogP contribution in [0.4, 0.5) is 4.39 Å². The summed E-state index contributed by atoms with van der Waals surface area (Å²) in [5, 5.41) is 0.631. The number of halogens is 1. The molecule has 1 N–H and O–H groups in total. The van der Waals surface area contributed by atoms with Crippen LogP contribution in [0.3, 0.4) is 0 Å². The van der Waals surface area contributed by atoms with Crippen LogP contribution >= 0.6 is 0 Å². The third kappa shape index (κ3) is 2.07. The Labute approximate surface area is 94.3 Å². The fourth-order valence-corrected chi connectivity index (χ4v) is 1.75. The van der Waals surface area contributed by atoms with Crippen molar-refractivity contribution in [1.29, 1.82) is 0 Å². The molecule has 0 amide bonds. The Morgan fingerprint density at radius 2 is 2.31 bits per heavy atom. The predicted octanol–water partition coefficient (Wildman–Crippen LogP) is 2.20. The van der Waals surface area contributed by atoms with Crippen molar-refractivity contribution < 1.29 is 4.39 Å². The molecule has 0 fully saturated rings. The van der Waals surface area contributed by atoms with Crippen LogP contribution in [0, 0.1) is 5.82 Å². The number of nitrogens with one attached hydrogen (secondary N) is 1. The van der Waals surface area contributed by atoms with Gasteiger partial charge >= 0.3 is 0 Å². The second-order valence-electron chi connectivity index (χ2n) is 3.98. The first-order valence-corrected chi connectivity index (χ1v) is 5.51. The molecule has 2 heterocycles. The zero-order valence-corrected chi connectivity index (χ0v) is 9.63. The minimum atomic E-state index is -0.194. The summed E-state index contributed by atoms with van der Waals surface area (Å²) in [4.78, 5) is 9.30. The topological polar surface area (TPSA) is 31.9 Å². The second kappa shape index (κ2) is 4.61. The van der Waals surface area contributed by atoms with Gasteiger partial charge in [0.25, 0.3) is 0 Å². The summed E-state index contributed by atoms with van der Waals surface area (Å²) < 4.78 is 13.6. The van der Waals surface area contributed by atoms with Crippen LogP contribution in [0.15, 0.2) is 18.5 Å². The maximum absolute atomic E-state index is 13.6. The molecular weight excluding hydrogens is 205 g/mol. The van der Waals surface area contributed by atoms with Gasteiger partial charge in [0.05, 0.1) is 5.39 Å². The number of pyridine rings is 1. The summed E-state index contributed by atoms with van der Waals surface area (Å²) in [5.41, 5.74) is 1.63. The van der Waals surface area contributed by atoms with E-state index in [1.165, 1.54) is 12.3 Å². The van der Waals surface area contributed by atoms with Gasteiger partial charge in [0.1, 0.15) is 11.5 Å². The molecule has 2 aromatic rings. The van der Waals surface area contributed by atoms with Crippen molar-refractivity contribution >= 4 is 11.0 Å². The predicted molar refractivity (Wildman–Crippen MR) is 62.9 cm³/mol. The van der Waals surface area contributed by atoms with Gasteiger partial charge in [-0.15, -0.1) is 0 Å². The number of nitrogens with zero attached hydrogens (tertiary/aromatic N) is 2. The molecule has 0 saturated heterocycles. The number of aromatic amines is 1. The van der Waals surface area contributed by atoms with Crippen LogP contribution in [-0.2, 0) is 6.42 Å². The van der Waals surface area contributed by atoms with Crippen molar-refractivity contribution in [2.75, 3.05) is 20.1 Å². The number of aromatic nitrogens is 2. The quantitative estimate of drug-likeness (QED) is 0.858. The number of rotatable bonds is 4. The van der Waals surface area contributed by atoms with Crippen molar-refractivity contribution in [1.82, 2.24) is 14.9 Å². The molecule has 0 saturated carbocycles. The summed E-state index contributed by atoms with van der Waals surface area (Å²) in [6, 6.07) is 1.41. The first-order chi connectivity index (χ1) is 7.72. The molecule has 0 atom stereocenters. The normalized spacial score (nSPS) is 11.5. The Balaban J connectivity index is 2.24. The van der Waals surface area contributed by atoms with E-state index in [1.54, 1.807) is 0 Å². The fourth-order valence-electron chi connectivity index (χ4n) is 1.75. The van der Waals surface area contributed by atoms with Gasteiger partial charge in [-0.3, -0.25) is 0 Å². The summed E-state index contributed by atoms with van der Waals surface area (Å²) in [6.45, 7) is 4.04. The Kier molecular flexibility index (Phi) is 3.19. The minimum absolute atomic E-state index is 0.194. The van der Waals surface area contributed by atoms with Gasteiger partial charge in [0, 0.05) is 18.9 Å². The van der Waals surface area contributed by atoms with Crippen LogP contribution in [0.5, 0.6) is 0 Å². The molecule has 4 heteroatoms. The molecular formula is C12H16FN3. The number of hydrogen-bond acceptors (Lipinski definition) is 2. The highest BCUT2D eigenvalue weighted by Crippen LogP contribution is 2.19. The Hall–Kier alpha value is -1.42. The molecule has 0 aliphatic heterocycles. The highest BCUT2D eigenvalue weighted by molar-refractivity contribution is 5.80. The van der Waals surface area contributed by atoms with Gasteiger partial charge in [-0.25, -0.2) is 9.37 Å². The molecule has 16 heavy (non-hydrogen) atoms. The van der Waals surface area contributed by atoms with Crippen molar-refractivity contribution in [2.45, 2.75) is 13.3 Å². The lowest BCUT2D eigenvalue weighted by molar-refractivity contribution is 0.358. The molecule has 0 aliphatic rings. The Bertz CT molecular complexity index is 478. The summed E-state index contributed by atoms with van der Waals surface area (Å²) in [7, 11) is 2.06. The third-order valence-corrected chi connectivity index (χ3v) is 2.91. The van der Waals surface area contributed by atoms with E-state index in [2.05, 4.69) is 28.8 Å². The molecule has 2 aromatic heterocycles. The highest BCUT2D eigenvalue weighted by atomic mass is 19.1. The largest absolute Gasteiger partial charge is 0.346 e. The van der Waals surface area contributed by atoms with Gasteiger partial charge in [-0.05, 0) is 31.6 Å². The first-order valence-electron chi connectivity index (χ1n) is 5.51. The molecule has 0 aliphatic carbocycles. The number of fused-ring (bicyclic) bond motifs is 1. The highest BCUT2D eigenvalue weighted by Gasteiger charge is 2.09. The molecule has 0 unspecified atom stereocenters. The van der Waals surface area contributed by atoms with E-state index >= 15 is 0 Å². The van der Waals surface area contributed by atoms with Crippen molar-refractivity contribution in [3.05, 3.63) is 29.8 Å². The standard InChI is InChI=1S/C12H16FN3/c1-3-16(2)7-5-9-8-15-12-11(9)10(13)4-6-14-12/h4,6,8H,3,5,7H2,1-2H3,(H,14,15). The average Bonchev–Trinajstić information content (AvgIpc) is 2.70. The molecule has 0 bridgehead atoms. The van der Waals surface area contributed by atoms with Crippen LogP contribution in [0.1, 0.15) is 12.5 Å². The van der Waals surface area contributed by atoms with Crippen molar-refractivity contribution in [2.24, 2.45) is 0 Å². The lowest BCUT2D eigenvalue weighted by Gasteiger charge is -2.12. The average molecular weight is 221 g/mol. The summed E-state index contributed by atoms with van der Waals surface area (Å²) >= 11 is 0. The number of hydrogen-bond donors (Lipinski definition) is 1. The van der Waals surface area contributed by atoms with Gasteiger partial charge in [-0.2, -0.15) is 0 Å². The van der Waals surface area contributed by atoms with Gasteiger partial charge in [-0.1, -0.05) is 6.92 Å². The van der Waals surface area contributed by atoms with E-state index < -0.39 is 0 Å². The van der Waals surface area contributed by atoms with Gasteiger partial charge in [0.15, 0.2) is 0 Å². The van der Waals surface area contributed by atoms with Crippen LogP contribution < -0.4 is 0 Å². The molecule has 3 nitrogen and oxygen atoms in total. The monoisotopic (exact) mass is 221 g/mol. The summed E-state index contributed by atoms with van der Waals surface area (Å²) in [6.07, 6.45) is 4.17. The minimum Gasteiger partial charge on any atom is -0.346 e. The molecule has 0 radical (unpaired) electrons. The molecule has 2 rings (SSSR count). The zero-order chi connectivity index (χ0) is 11.5. The smallest absolute Gasteiger partial charge is 0.140 e. The van der Waals surface area contributed by atoms with Crippen LogP contribution in [-0.4, -0.2) is 35.0 Å². The zero-order valence-electron chi connectivity index (χ0n) is 9.63. The van der Waals surface area contributed by atoms with Crippen LogP contribution in [0.25, 0.3) is 11.0 Å². The van der Waals surface area contributed by atoms with Crippen LogP contribution in [0.2, 0.25) is 0 Å². The lowest BCUT2D eigenvalue weighted by atomic mass is 10.1. The molecule has 0 aromatic carbocycles. The number of likely N-dealkylation sites (N-methyl/N-ethyl adjacent to an activating group) is 1. The molecule has 0 spiro atoms. The van der Waals surface area contributed by atoms with E-state index in [1.807, 2.05) is 6.20 Å². The maximum Gasteiger partial charge on any atom is 0.140 e. The Morgan fingerprint density at radius 3 is 3.06 bits per heavy atom. The fraction of sp³-hybridized carbons (Fsp3) is 0.417. The van der Waals surface area contributed by atoms with E-state index in [-0.39, 0.29) is 5.82 Å². The van der Waals surface area contributed by atoms with Crippen molar-refractivity contribution in [3.63, 3.8) is 0 Å².